The maximum absolute atomic E-state index is 11.6. The van der Waals surface area contributed by atoms with Gasteiger partial charge in [0.05, 0.1) is 18.5 Å². The third kappa shape index (κ3) is 3.03. The Morgan fingerprint density at radius 2 is 2.30 bits per heavy atom. The molecule has 3 rings (SSSR count). The van der Waals surface area contributed by atoms with Crippen LogP contribution in [0.4, 0.5) is 5.69 Å². The second-order valence-electron chi connectivity index (χ2n) is 5.06. The van der Waals surface area contributed by atoms with Crippen molar-refractivity contribution in [3.63, 3.8) is 0 Å². The number of carbonyl (C=O) groups is 1. The van der Waals surface area contributed by atoms with Gasteiger partial charge in [-0.15, -0.1) is 0 Å². The van der Waals surface area contributed by atoms with E-state index >= 15 is 0 Å². The van der Waals surface area contributed by atoms with Crippen LogP contribution in [0.5, 0.6) is 0 Å². The summed E-state index contributed by atoms with van der Waals surface area (Å²) in [6, 6.07) is 5.24. The van der Waals surface area contributed by atoms with Gasteiger partial charge < -0.3 is 19.3 Å². The molecule has 0 saturated heterocycles. The summed E-state index contributed by atoms with van der Waals surface area (Å²) in [6.07, 6.45) is 2.87. The van der Waals surface area contributed by atoms with Crippen molar-refractivity contribution < 1.29 is 18.7 Å². The van der Waals surface area contributed by atoms with Gasteiger partial charge in [0.25, 0.3) is 0 Å². The van der Waals surface area contributed by atoms with E-state index in [4.69, 9.17) is 20.4 Å². The Hall–Kier alpha value is -2.47. The quantitative estimate of drug-likeness (QED) is 0.652. The lowest BCUT2D eigenvalue weighted by molar-refractivity contribution is 0.0696. The van der Waals surface area contributed by atoms with Crippen molar-refractivity contribution in [3.8, 4) is 0 Å². The SMILES string of the molecule is CCCc1oc2c(NCc3ccco3)cc(Cl)nc2c1C(=O)O. The van der Waals surface area contributed by atoms with Gasteiger partial charge in [-0.05, 0) is 18.6 Å². The molecule has 3 aromatic rings. The molecule has 6 nitrogen and oxygen atoms in total. The van der Waals surface area contributed by atoms with Crippen LogP contribution in [0.1, 0.15) is 35.2 Å². The Kier molecular flexibility index (Phi) is 4.25. The number of carboxylic acid groups (broad SMARTS) is 1. The summed E-state index contributed by atoms with van der Waals surface area (Å²) in [5.41, 5.74) is 1.31. The van der Waals surface area contributed by atoms with Crippen molar-refractivity contribution in [3.05, 3.63) is 46.7 Å². The molecular formula is C16H15ClN2O4. The number of hydrogen-bond donors (Lipinski definition) is 2. The minimum Gasteiger partial charge on any atom is -0.477 e. The van der Waals surface area contributed by atoms with Crippen LogP contribution >= 0.6 is 11.6 Å². The second kappa shape index (κ2) is 6.34. The molecule has 0 aliphatic carbocycles. The zero-order valence-electron chi connectivity index (χ0n) is 12.4. The van der Waals surface area contributed by atoms with Crippen LogP contribution in [0.3, 0.4) is 0 Å². The van der Waals surface area contributed by atoms with E-state index in [1.807, 2.05) is 13.0 Å². The molecule has 0 aliphatic heterocycles. The Labute approximate surface area is 137 Å². The largest absolute Gasteiger partial charge is 0.477 e. The number of hydrogen-bond acceptors (Lipinski definition) is 5. The molecule has 0 fully saturated rings. The van der Waals surface area contributed by atoms with Crippen LogP contribution in [0.25, 0.3) is 11.1 Å². The van der Waals surface area contributed by atoms with Crippen molar-refractivity contribution in [2.75, 3.05) is 5.32 Å². The summed E-state index contributed by atoms with van der Waals surface area (Å²) < 4.78 is 11.0. The van der Waals surface area contributed by atoms with Crippen molar-refractivity contribution in [2.45, 2.75) is 26.3 Å². The number of fused-ring (bicyclic) bond motifs is 1. The Bertz CT molecular complexity index is 840. The van der Waals surface area contributed by atoms with Crippen molar-refractivity contribution in [2.24, 2.45) is 0 Å². The van der Waals surface area contributed by atoms with E-state index < -0.39 is 5.97 Å². The van der Waals surface area contributed by atoms with Crippen LogP contribution in [-0.4, -0.2) is 16.1 Å². The van der Waals surface area contributed by atoms with Crippen LogP contribution in [-0.2, 0) is 13.0 Å². The highest BCUT2D eigenvalue weighted by Crippen LogP contribution is 2.33. The van der Waals surface area contributed by atoms with E-state index in [0.717, 1.165) is 12.2 Å². The van der Waals surface area contributed by atoms with E-state index in [1.165, 1.54) is 0 Å². The molecule has 0 saturated carbocycles. The summed E-state index contributed by atoms with van der Waals surface area (Å²) in [7, 11) is 0. The molecule has 0 aromatic carbocycles. The number of nitrogens with zero attached hydrogens (tertiary/aromatic N) is 1. The van der Waals surface area contributed by atoms with Crippen molar-refractivity contribution >= 4 is 34.4 Å². The molecule has 3 heterocycles. The fraction of sp³-hybridized carbons (Fsp3) is 0.250. The molecule has 23 heavy (non-hydrogen) atoms. The summed E-state index contributed by atoms with van der Waals surface area (Å²) in [6.45, 7) is 2.38. The Balaban J connectivity index is 2.07. The first-order chi connectivity index (χ1) is 11.1. The first-order valence-corrected chi connectivity index (χ1v) is 7.59. The molecule has 0 amide bonds. The molecule has 0 unspecified atom stereocenters. The fourth-order valence-corrected chi connectivity index (χ4v) is 2.63. The number of pyridine rings is 1. The standard InChI is InChI=1S/C16H15ClN2O4/c1-2-4-11-13(16(20)21)14-15(23-11)10(7-12(17)19-14)18-8-9-5-3-6-22-9/h3,5-7H,2,4,8H2,1H3,(H,18,19)(H,20,21). The summed E-state index contributed by atoms with van der Waals surface area (Å²) in [4.78, 5) is 15.7. The van der Waals surface area contributed by atoms with E-state index in [2.05, 4.69) is 10.3 Å². The highest BCUT2D eigenvalue weighted by molar-refractivity contribution is 6.30. The second-order valence-corrected chi connectivity index (χ2v) is 5.45. The van der Waals surface area contributed by atoms with Crippen molar-refractivity contribution in [1.29, 1.82) is 0 Å². The molecule has 0 aliphatic rings. The highest BCUT2D eigenvalue weighted by Gasteiger charge is 2.23. The van der Waals surface area contributed by atoms with Crippen LogP contribution in [0.2, 0.25) is 5.15 Å². The van der Waals surface area contributed by atoms with E-state index in [0.29, 0.717) is 30.0 Å². The van der Waals surface area contributed by atoms with E-state index in [9.17, 15) is 9.90 Å². The highest BCUT2D eigenvalue weighted by atomic mass is 35.5. The normalized spacial score (nSPS) is 11.0. The van der Waals surface area contributed by atoms with Gasteiger partial charge in [-0.1, -0.05) is 18.5 Å². The molecule has 0 atom stereocenters. The van der Waals surface area contributed by atoms with E-state index in [-0.39, 0.29) is 16.2 Å². The van der Waals surface area contributed by atoms with Gasteiger partial charge >= 0.3 is 5.97 Å². The Morgan fingerprint density at radius 1 is 1.48 bits per heavy atom. The fourth-order valence-electron chi connectivity index (χ4n) is 2.43. The first kappa shape index (κ1) is 15.4. The number of carboxylic acids is 1. The topological polar surface area (TPSA) is 88.5 Å². The Morgan fingerprint density at radius 3 is 2.96 bits per heavy atom. The number of aryl methyl sites for hydroxylation is 1. The van der Waals surface area contributed by atoms with Gasteiger partial charge in [-0.2, -0.15) is 0 Å². The third-order valence-corrected chi connectivity index (χ3v) is 3.60. The molecule has 3 aromatic heterocycles. The third-order valence-electron chi connectivity index (χ3n) is 3.41. The molecule has 0 radical (unpaired) electrons. The molecule has 2 N–H and O–H groups in total. The summed E-state index contributed by atoms with van der Waals surface area (Å²) in [5.74, 6) is 0.0784. The lowest BCUT2D eigenvalue weighted by Crippen LogP contribution is -2.01. The molecule has 7 heteroatoms. The monoisotopic (exact) mass is 334 g/mol. The van der Waals surface area contributed by atoms with Gasteiger partial charge in [-0.3, -0.25) is 0 Å². The number of halogens is 1. The zero-order chi connectivity index (χ0) is 16.4. The molecule has 120 valence electrons. The number of aromatic carboxylic acids is 1. The lowest BCUT2D eigenvalue weighted by atomic mass is 10.1. The number of rotatable bonds is 6. The minimum atomic E-state index is -1.07. The van der Waals surface area contributed by atoms with Gasteiger partial charge in [-0.25, -0.2) is 9.78 Å². The molecule has 0 bridgehead atoms. The van der Waals surface area contributed by atoms with Crippen molar-refractivity contribution in [1.82, 2.24) is 4.98 Å². The average molecular weight is 335 g/mol. The lowest BCUT2D eigenvalue weighted by Gasteiger charge is -2.05. The number of furan rings is 2. The van der Waals surface area contributed by atoms with Gasteiger partial charge in [0.2, 0.25) is 0 Å². The maximum Gasteiger partial charge on any atom is 0.341 e. The van der Waals surface area contributed by atoms with Gasteiger partial charge in [0, 0.05) is 12.5 Å². The number of aromatic nitrogens is 1. The summed E-state index contributed by atoms with van der Waals surface area (Å²) >= 11 is 6.04. The van der Waals surface area contributed by atoms with Crippen LogP contribution in [0.15, 0.2) is 33.3 Å². The number of nitrogens with one attached hydrogen (secondary N) is 1. The average Bonchev–Trinajstić information content (AvgIpc) is 3.12. The molecular weight excluding hydrogens is 320 g/mol. The van der Waals surface area contributed by atoms with Crippen LogP contribution < -0.4 is 5.32 Å². The van der Waals surface area contributed by atoms with E-state index in [1.54, 1.807) is 18.4 Å². The predicted octanol–water partition coefficient (Wildman–Crippen LogP) is 4.34. The van der Waals surface area contributed by atoms with Gasteiger partial charge in [0.1, 0.15) is 27.8 Å². The van der Waals surface area contributed by atoms with Gasteiger partial charge in [0.15, 0.2) is 5.58 Å². The van der Waals surface area contributed by atoms with Crippen LogP contribution in [0, 0.1) is 0 Å². The zero-order valence-corrected chi connectivity index (χ0v) is 13.2. The first-order valence-electron chi connectivity index (χ1n) is 7.21. The minimum absolute atomic E-state index is 0.0744. The number of anilines is 1. The molecule has 0 spiro atoms. The summed E-state index contributed by atoms with van der Waals surface area (Å²) in [5, 5.41) is 12.8. The maximum atomic E-state index is 11.6. The smallest absolute Gasteiger partial charge is 0.341 e. The predicted molar refractivity (Wildman–Crippen MR) is 86.0 cm³/mol.